The molecule has 0 bridgehead atoms. The fourth-order valence-electron chi connectivity index (χ4n) is 4.68. The van der Waals surface area contributed by atoms with Crippen LogP contribution in [-0.4, -0.2) is 28.8 Å². The molecule has 4 aromatic carbocycles. The van der Waals surface area contributed by atoms with Crippen molar-refractivity contribution < 1.29 is 19.5 Å². The first-order chi connectivity index (χ1) is 17.0. The van der Waals surface area contributed by atoms with Crippen molar-refractivity contribution in [2.24, 2.45) is 0 Å². The predicted octanol–water partition coefficient (Wildman–Crippen LogP) is 4.84. The summed E-state index contributed by atoms with van der Waals surface area (Å²) in [5, 5.41) is 12.6. The topological polar surface area (TPSA) is 83.5 Å². The summed E-state index contributed by atoms with van der Waals surface area (Å²) in [6.45, 7) is 0. The van der Waals surface area contributed by atoms with E-state index in [1.807, 2.05) is 66.7 Å². The second-order valence-electron chi connectivity index (χ2n) is 8.60. The van der Waals surface area contributed by atoms with Gasteiger partial charge in [0.25, 0.3) is 0 Å². The minimum absolute atomic E-state index is 0.0983. The van der Waals surface area contributed by atoms with Crippen molar-refractivity contribution in [2.45, 2.75) is 18.4 Å². The molecule has 0 saturated carbocycles. The number of fused-ring (bicyclic) bond motifs is 3. The highest BCUT2D eigenvalue weighted by Crippen LogP contribution is 2.44. The molecule has 0 radical (unpaired) electrons. The highest BCUT2D eigenvalue weighted by molar-refractivity contribution is 6.09. The van der Waals surface area contributed by atoms with Crippen LogP contribution in [-0.2, 0) is 16.0 Å². The Labute approximate surface area is 203 Å². The second kappa shape index (κ2) is 9.39. The van der Waals surface area contributed by atoms with Gasteiger partial charge in [0.15, 0.2) is 5.78 Å². The maximum absolute atomic E-state index is 13.4. The molecule has 5 nitrogen and oxygen atoms in total. The first-order valence-corrected chi connectivity index (χ1v) is 11.4. The number of ketones is 1. The van der Waals surface area contributed by atoms with Gasteiger partial charge in [-0.3, -0.25) is 9.59 Å². The van der Waals surface area contributed by atoms with Gasteiger partial charge in [0.2, 0.25) is 5.91 Å². The molecule has 2 N–H and O–H groups in total. The Kier molecular flexibility index (Phi) is 5.98. The number of benzene rings is 4. The highest BCUT2D eigenvalue weighted by Gasteiger charge is 2.35. The third-order valence-electron chi connectivity index (χ3n) is 6.40. The summed E-state index contributed by atoms with van der Waals surface area (Å²) in [7, 11) is 0. The summed E-state index contributed by atoms with van der Waals surface area (Å²) in [6, 6.07) is 30.2. The van der Waals surface area contributed by atoms with Crippen LogP contribution in [0.3, 0.4) is 0 Å². The van der Waals surface area contributed by atoms with Gasteiger partial charge in [-0.15, -0.1) is 0 Å². The molecule has 0 heterocycles. The third kappa shape index (κ3) is 4.36. The molecule has 0 unspecified atom stereocenters. The number of carboxylic acid groups (broad SMARTS) is 1. The lowest BCUT2D eigenvalue weighted by molar-refractivity contribution is -0.141. The van der Waals surface area contributed by atoms with Gasteiger partial charge in [0, 0.05) is 17.5 Å². The molecule has 35 heavy (non-hydrogen) atoms. The van der Waals surface area contributed by atoms with E-state index in [1.54, 1.807) is 36.4 Å². The molecule has 1 aliphatic carbocycles. The largest absolute Gasteiger partial charge is 0.480 e. The van der Waals surface area contributed by atoms with Crippen LogP contribution >= 0.6 is 0 Å². The van der Waals surface area contributed by atoms with Gasteiger partial charge in [0.05, 0.1) is 5.92 Å². The third-order valence-corrected chi connectivity index (χ3v) is 6.40. The van der Waals surface area contributed by atoms with Crippen LogP contribution in [0.4, 0.5) is 0 Å². The van der Waals surface area contributed by atoms with Gasteiger partial charge in [-0.1, -0.05) is 103 Å². The van der Waals surface area contributed by atoms with Crippen molar-refractivity contribution in [2.75, 3.05) is 0 Å². The van der Waals surface area contributed by atoms with E-state index < -0.39 is 17.9 Å². The minimum Gasteiger partial charge on any atom is -0.480 e. The van der Waals surface area contributed by atoms with Crippen LogP contribution in [0.15, 0.2) is 103 Å². The van der Waals surface area contributed by atoms with Crippen molar-refractivity contribution in [3.05, 3.63) is 131 Å². The van der Waals surface area contributed by atoms with Crippen molar-refractivity contribution in [1.29, 1.82) is 0 Å². The number of nitrogens with one attached hydrogen (secondary N) is 1. The molecule has 1 atom stereocenters. The monoisotopic (exact) mass is 461 g/mol. The van der Waals surface area contributed by atoms with E-state index in [-0.39, 0.29) is 18.1 Å². The number of aliphatic carboxylic acids is 1. The summed E-state index contributed by atoms with van der Waals surface area (Å²) >= 11 is 0. The Morgan fingerprint density at radius 3 is 1.77 bits per heavy atom. The number of hydrogen-bond donors (Lipinski definition) is 2. The first-order valence-electron chi connectivity index (χ1n) is 11.4. The Morgan fingerprint density at radius 1 is 0.686 bits per heavy atom. The Morgan fingerprint density at radius 2 is 1.20 bits per heavy atom. The summed E-state index contributed by atoms with van der Waals surface area (Å²) < 4.78 is 0. The molecule has 0 aromatic heterocycles. The zero-order valence-electron chi connectivity index (χ0n) is 18.8. The maximum atomic E-state index is 13.4. The van der Waals surface area contributed by atoms with Crippen molar-refractivity contribution in [3.63, 3.8) is 0 Å². The number of carbonyl (C=O) groups is 3. The van der Waals surface area contributed by atoms with E-state index in [2.05, 4.69) is 5.32 Å². The smallest absolute Gasteiger partial charge is 0.326 e. The van der Waals surface area contributed by atoms with Gasteiger partial charge in [0.1, 0.15) is 6.04 Å². The van der Waals surface area contributed by atoms with Gasteiger partial charge >= 0.3 is 5.97 Å². The van der Waals surface area contributed by atoms with Crippen LogP contribution < -0.4 is 5.32 Å². The Balaban J connectivity index is 1.34. The molecule has 1 amide bonds. The zero-order chi connectivity index (χ0) is 24.4. The van der Waals surface area contributed by atoms with E-state index in [1.165, 1.54) is 0 Å². The molecule has 0 aliphatic heterocycles. The molecule has 172 valence electrons. The normalized spacial score (nSPS) is 12.9. The Hall–Kier alpha value is -4.51. The molecule has 4 aromatic rings. The van der Waals surface area contributed by atoms with E-state index in [0.29, 0.717) is 11.1 Å². The van der Waals surface area contributed by atoms with Gasteiger partial charge < -0.3 is 10.4 Å². The van der Waals surface area contributed by atoms with Crippen LogP contribution in [0.2, 0.25) is 0 Å². The first kappa shape index (κ1) is 22.3. The minimum atomic E-state index is -1.11. The summed E-state index contributed by atoms with van der Waals surface area (Å²) in [6.07, 6.45) is 0.108. The molecule has 1 aliphatic rings. The number of rotatable bonds is 7. The molecule has 0 fully saturated rings. The zero-order valence-corrected chi connectivity index (χ0v) is 18.8. The number of carboxylic acids is 1. The summed E-state index contributed by atoms with van der Waals surface area (Å²) in [4.78, 5) is 38.0. The number of amides is 1. The van der Waals surface area contributed by atoms with Crippen molar-refractivity contribution in [3.8, 4) is 11.1 Å². The van der Waals surface area contributed by atoms with Crippen molar-refractivity contribution in [1.82, 2.24) is 5.32 Å². The second-order valence-corrected chi connectivity index (χ2v) is 8.60. The fourth-order valence-corrected chi connectivity index (χ4v) is 4.68. The van der Waals surface area contributed by atoms with Gasteiger partial charge in [-0.2, -0.15) is 0 Å². The molecule has 5 heteroatoms. The van der Waals surface area contributed by atoms with Crippen LogP contribution in [0.5, 0.6) is 0 Å². The molecule has 5 rings (SSSR count). The van der Waals surface area contributed by atoms with Crippen LogP contribution in [0.1, 0.15) is 38.5 Å². The van der Waals surface area contributed by atoms with Gasteiger partial charge in [-0.25, -0.2) is 4.79 Å². The number of carbonyl (C=O) groups excluding carboxylic acids is 2. The fraction of sp³-hybridized carbons (Fsp3) is 0.100. The standard InChI is InChI=1S/C30H23NO4/c32-28(20-8-2-1-3-9-20)21-16-14-19(15-17-21)18-26(30(34)35)31-29(33)27-24-12-6-4-10-22(24)23-11-5-7-13-25(23)27/h1-17,26-27H,18H2,(H,31,33)(H,34,35)/t26-/m1/s1. The van der Waals surface area contributed by atoms with Crippen LogP contribution in [0.25, 0.3) is 11.1 Å². The highest BCUT2D eigenvalue weighted by atomic mass is 16.4. The van der Waals surface area contributed by atoms with Gasteiger partial charge in [-0.05, 0) is 27.8 Å². The lowest BCUT2D eigenvalue weighted by atomic mass is 9.95. The van der Waals surface area contributed by atoms with E-state index >= 15 is 0 Å². The molecule has 0 saturated heterocycles. The molecular formula is C30H23NO4. The maximum Gasteiger partial charge on any atom is 0.326 e. The molecule has 0 spiro atoms. The summed E-state index contributed by atoms with van der Waals surface area (Å²) in [5.41, 5.74) is 5.57. The van der Waals surface area contributed by atoms with E-state index in [0.717, 1.165) is 27.8 Å². The SMILES string of the molecule is O=C(c1ccccc1)c1ccc(C[C@@H](NC(=O)C2c3ccccc3-c3ccccc32)C(=O)O)cc1. The lowest BCUT2D eigenvalue weighted by Gasteiger charge is -2.19. The average molecular weight is 462 g/mol. The number of hydrogen-bond acceptors (Lipinski definition) is 3. The van der Waals surface area contributed by atoms with Crippen molar-refractivity contribution >= 4 is 17.7 Å². The Bertz CT molecular complexity index is 1360. The summed E-state index contributed by atoms with van der Waals surface area (Å²) in [5.74, 6) is -2.11. The van der Waals surface area contributed by atoms with E-state index in [9.17, 15) is 19.5 Å². The average Bonchev–Trinajstić information content (AvgIpc) is 3.23. The lowest BCUT2D eigenvalue weighted by Crippen LogP contribution is -2.44. The van der Waals surface area contributed by atoms with E-state index in [4.69, 9.17) is 0 Å². The predicted molar refractivity (Wildman–Crippen MR) is 133 cm³/mol. The molecular weight excluding hydrogens is 438 g/mol. The van der Waals surface area contributed by atoms with Crippen LogP contribution in [0, 0.1) is 0 Å². The quantitative estimate of drug-likeness (QED) is 0.386.